The molecule has 4 rings (SSSR count). The molecular formula is C22H22N2O3S. The fourth-order valence-corrected chi connectivity index (χ4v) is 4.46. The van der Waals surface area contributed by atoms with Crippen molar-refractivity contribution in [3.8, 4) is 0 Å². The van der Waals surface area contributed by atoms with Crippen LogP contribution in [0.25, 0.3) is 0 Å². The molecule has 2 aromatic rings. The van der Waals surface area contributed by atoms with Crippen LogP contribution in [0.1, 0.15) is 11.1 Å². The lowest BCUT2D eigenvalue weighted by Crippen LogP contribution is -2.40. The predicted molar refractivity (Wildman–Crippen MR) is 110 cm³/mol. The quantitative estimate of drug-likeness (QED) is 0.743. The summed E-state index contributed by atoms with van der Waals surface area (Å²) in [6, 6.07) is 15.5. The van der Waals surface area contributed by atoms with Crippen LogP contribution < -0.4 is 4.90 Å². The van der Waals surface area contributed by atoms with E-state index < -0.39 is 0 Å². The van der Waals surface area contributed by atoms with Crippen LogP contribution in [0.4, 0.5) is 5.69 Å². The van der Waals surface area contributed by atoms with Gasteiger partial charge in [-0.3, -0.25) is 9.59 Å². The van der Waals surface area contributed by atoms with Gasteiger partial charge in [-0.2, -0.15) is 0 Å². The number of carbonyl (C=O) groups is 2. The third kappa shape index (κ3) is 3.45. The van der Waals surface area contributed by atoms with Gasteiger partial charge in [0.1, 0.15) is 10.6 Å². The third-order valence-electron chi connectivity index (χ3n) is 4.91. The molecule has 2 heterocycles. The minimum absolute atomic E-state index is 0.251. The molecule has 2 aliphatic heterocycles. The molecule has 2 aliphatic rings. The number of amides is 2. The molecule has 0 aliphatic carbocycles. The maximum atomic E-state index is 13.4. The Balaban J connectivity index is 1.77. The lowest BCUT2D eigenvalue weighted by Gasteiger charge is -2.29. The summed E-state index contributed by atoms with van der Waals surface area (Å²) in [6.45, 7) is 6.20. The number of ether oxygens (including phenoxy) is 1. The van der Waals surface area contributed by atoms with E-state index in [9.17, 15) is 9.59 Å². The summed E-state index contributed by atoms with van der Waals surface area (Å²) in [4.78, 5) is 31.6. The first-order valence-corrected chi connectivity index (χ1v) is 10.1. The molecule has 2 amide bonds. The van der Waals surface area contributed by atoms with Gasteiger partial charge in [0, 0.05) is 18.0 Å². The minimum atomic E-state index is -0.256. The Morgan fingerprint density at radius 1 is 0.929 bits per heavy atom. The van der Waals surface area contributed by atoms with Crippen LogP contribution in [-0.2, 0) is 14.3 Å². The summed E-state index contributed by atoms with van der Waals surface area (Å²) in [6.07, 6.45) is 0. The second-order valence-corrected chi connectivity index (χ2v) is 8.01. The van der Waals surface area contributed by atoms with Gasteiger partial charge >= 0.3 is 0 Å². The Kier molecular flexibility index (Phi) is 5.24. The van der Waals surface area contributed by atoms with Crippen LogP contribution in [0.5, 0.6) is 0 Å². The van der Waals surface area contributed by atoms with Crippen LogP contribution in [0, 0.1) is 13.8 Å². The van der Waals surface area contributed by atoms with Crippen molar-refractivity contribution in [3.05, 3.63) is 70.3 Å². The highest BCUT2D eigenvalue weighted by atomic mass is 32.2. The normalized spacial score (nSPS) is 17.6. The van der Waals surface area contributed by atoms with Crippen LogP contribution >= 0.6 is 11.8 Å². The number of carbonyl (C=O) groups excluding carboxylic acids is 2. The molecular weight excluding hydrogens is 372 g/mol. The fourth-order valence-electron chi connectivity index (χ4n) is 3.44. The fraction of sp³-hybridized carbons (Fsp3) is 0.273. The maximum absolute atomic E-state index is 13.4. The molecule has 1 saturated heterocycles. The number of nitrogens with zero attached hydrogens (tertiary/aromatic N) is 2. The molecule has 1 fully saturated rings. The van der Waals surface area contributed by atoms with Gasteiger partial charge in [-0.15, -0.1) is 0 Å². The van der Waals surface area contributed by atoms with Crippen molar-refractivity contribution < 1.29 is 14.3 Å². The molecule has 0 aromatic heterocycles. The third-order valence-corrected chi connectivity index (χ3v) is 5.99. The van der Waals surface area contributed by atoms with E-state index in [1.165, 1.54) is 16.7 Å². The van der Waals surface area contributed by atoms with Crippen molar-refractivity contribution in [1.29, 1.82) is 0 Å². The van der Waals surface area contributed by atoms with Gasteiger partial charge in [0.25, 0.3) is 11.8 Å². The van der Waals surface area contributed by atoms with Gasteiger partial charge in [-0.1, -0.05) is 42.1 Å². The number of rotatable bonds is 4. The monoisotopic (exact) mass is 394 g/mol. The van der Waals surface area contributed by atoms with Crippen molar-refractivity contribution in [2.75, 3.05) is 31.2 Å². The van der Waals surface area contributed by atoms with E-state index >= 15 is 0 Å². The van der Waals surface area contributed by atoms with Gasteiger partial charge in [0.2, 0.25) is 0 Å². The lowest BCUT2D eigenvalue weighted by atomic mass is 10.1. The number of thioether (sulfide) groups is 1. The molecule has 0 N–H and O–H groups in total. The van der Waals surface area contributed by atoms with E-state index in [2.05, 4.69) is 0 Å². The molecule has 0 unspecified atom stereocenters. The maximum Gasteiger partial charge on any atom is 0.283 e. The number of imide groups is 1. The van der Waals surface area contributed by atoms with Crippen molar-refractivity contribution in [1.82, 2.24) is 4.90 Å². The molecule has 0 saturated carbocycles. The largest absolute Gasteiger partial charge is 0.378 e. The highest BCUT2D eigenvalue weighted by Crippen LogP contribution is 2.39. The van der Waals surface area contributed by atoms with Gasteiger partial charge in [-0.25, -0.2) is 4.90 Å². The van der Waals surface area contributed by atoms with Crippen molar-refractivity contribution >= 4 is 29.3 Å². The van der Waals surface area contributed by atoms with E-state index in [0.29, 0.717) is 42.6 Å². The topological polar surface area (TPSA) is 49.9 Å². The van der Waals surface area contributed by atoms with Crippen molar-refractivity contribution in [2.24, 2.45) is 0 Å². The standard InChI is InChI=1S/C22H22N2O3S/c1-15-8-9-16(2)18(14-15)24-21(25)19(23-10-12-27-13-11-23)20(22(24)26)28-17-6-4-3-5-7-17/h3-9,14H,10-13H2,1-2H3. The number of morpholine rings is 1. The van der Waals surface area contributed by atoms with Crippen LogP contribution in [0.2, 0.25) is 0 Å². The number of aryl methyl sites for hydroxylation is 2. The highest BCUT2D eigenvalue weighted by Gasteiger charge is 2.43. The highest BCUT2D eigenvalue weighted by molar-refractivity contribution is 8.04. The summed E-state index contributed by atoms with van der Waals surface area (Å²) in [5.41, 5.74) is 3.06. The SMILES string of the molecule is Cc1ccc(C)c(N2C(=O)C(Sc3ccccc3)=C(N3CCOCC3)C2=O)c1. The van der Waals surface area contributed by atoms with Crippen molar-refractivity contribution in [2.45, 2.75) is 18.7 Å². The summed E-state index contributed by atoms with van der Waals surface area (Å²) < 4.78 is 5.44. The van der Waals surface area contributed by atoms with E-state index in [1.54, 1.807) is 0 Å². The molecule has 144 valence electrons. The van der Waals surface area contributed by atoms with Gasteiger partial charge < -0.3 is 9.64 Å². The Morgan fingerprint density at radius 3 is 2.36 bits per heavy atom. The van der Waals surface area contributed by atoms with Crippen LogP contribution in [-0.4, -0.2) is 43.0 Å². The molecule has 0 atom stereocenters. The summed E-state index contributed by atoms with van der Waals surface area (Å²) in [5, 5.41) is 0. The number of hydrogen-bond donors (Lipinski definition) is 0. The molecule has 6 heteroatoms. The average molecular weight is 394 g/mol. The lowest BCUT2D eigenvalue weighted by molar-refractivity contribution is -0.121. The van der Waals surface area contributed by atoms with E-state index in [0.717, 1.165) is 16.0 Å². The van der Waals surface area contributed by atoms with Crippen LogP contribution in [0.3, 0.4) is 0 Å². The Hall–Kier alpha value is -2.57. The first-order chi connectivity index (χ1) is 13.6. The average Bonchev–Trinajstić information content (AvgIpc) is 2.95. The Bertz CT molecular complexity index is 950. The predicted octanol–water partition coefficient (Wildman–Crippen LogP) is 3.51. The molecule has 0 radical (unpaired) electrons. The number of anilines is 1. The Morgan fingerprint density at radius 2 is 1.64 bits per heavy atom. The molecule has 5 nitrogen and oxygen atoms in total. The smallest absolute Gasteiger partial charge is 0.283 e. The van der Waals surface area contributed by atoms with E-state index in [1.807, 2.05) is 67.3 Å². The number of hydrogen-bond acceptors (Lipinski definition) is 5. The van der Waals surface area contributed by atoms with Crippen LogP contribution in [0.15, 0.2) is 64.0 Å². The first kappa shape index (κ1) is 18.8. The Labute approximate surface area is 169 Å². The second kappa shape index (κ2) is 7.81. The van der Waals surface area contributed by atoms with Gasteiger partial charge in [0.05, 0.1) is 18.9 Å². The van der Waals surface area contributed by atoms with Gasteiger partial charge in [-0.05, 0) is 43.2 Å². The molecule has 0 spiro atoms. The molecule has 0 bridgehead atoms. The first-order valence-electron chi connectivity index (χ1n) is 9.32. The summed E-state index contributed by atoms with van der Waals surface area (Å²) in [5.74, 6) is -0.506. The van der Waals surface area contributed by atoms with Crippen molar-refractivity contribution in [3.63, 3.8) is 0 Å². The summed E-state index contributed by atoms with van der Waals surface area (Å²) in [7, 11) is 0. The van der Waals surface area contributed by atoms with E-state index in [4.69, 9.17) is 4.74 Å². The van der Waals surface area contributed by atoms with Gasteiger partial charge in [0.15, 0.2) is 0 Å². The second-order valence-electron chi connectivity index (χ2n) is 6.93. The zero-order valence-corrected chi connectivity index (χ0v) is 16.8. The zero-order chi connectivity index (χ0) is 19.7. The molecule has 28 heavy (non-hydrogen) atoms. The molecule has 2 aromatic carbocycles. The summed E-state index contributed by atoms with van der Waals surface area (Å²) >= 11 is 1.36. The zero-order valence-electron chi connectivity index (χ0n) is 16.0. The number of benzene rings is 2. The minimum Gasteiger partial charge on any atom is -0.378 e. The van der Waals surface area contributed by atoms with E-state index in [-0.39, 0.29) is 11.8 Å².